The third kappa shape index (κ3) is 14.9. The van der Waals surface area contributed by atoms with E-state index >= 15 is 0 Å². The fraction of sp³-hybridized carbons (Fsp3) is 0.100. The standard InChI is InChI=1S/C15H10O5.3C5H6O4/c16-9-3-1-8(2-4-9)11-7-20-13-6-10(17)5-12(18)14(13)15(11)19;3*1-3(5(8)9)2-4(6)7/h1-7,16-18H;3*2H,1H3,(H,6,7)(H,8,9)/b;3*3-2+. The lowest BCUT2D eigenvalue weighted by molar-refractivity contribution is -0.135. The van der Waals surface area contributed by atoms with Crippen molar-refractivity contribution in [1.29, 1.82) is 0 Å². The molecule has 0 unspecified atom stereocenters. The van der Waals surface area contributed by atoms with Gasteiger partial charge in [-0.3, -0.25) is 4.79 Å². The first kappa shape index (κ1) is 40.1. The Kier molecular flexibility index (Phi) is 15.9. The first-order valence-corrected chi connectivity index (χ1v) is 12.4. The first-order chi connectivity index (χ1) is 21.7. The predicted molar refractivity (Wildman–Crippen MR) is 160 cm³/mol. The van der Waals surface area contributed by atoms with Crippen molar-refractivity contribution in [1.82, 2.24) is 0 Å². The highest BCUT2D eigenvalue weighted by Gasteiger charge is 2.14. The van der Waals surface area contributed by atoms with Crippen LogP contribution in [0.5, 0.6) is 17.2 Å². The van der Waals surface area contributed by atoms with Gasteiger partial charge < -0.3 is 50.4 Å². The van der Waals surface area contributed by atoms with Crippen LogP contribution in [-0.2, 0) is 28.8 Å². The predicted octanol–water partition coefficient (Wildman–Crippen LogP) is 2.88. The molecule has 2 aromatic carbocycles. The monoisotopic (exact) mass is 660 g/mol. The van der Waals surface area contributed by atoms with Crippen LogP contribution >= 0.6 is 0 Å². The summed E-state index contributed by atoms with van der Waals surface area (Å²) in [7, 11) is 0. The highest BCUT2D eigenvalue weighted by molar-refractivity contribution is 5.95. The first-order valence-electron chi connectivity index (χ1n) is 12.4. The second kappa shape index (κ2) is 18.7. The zero-order valence-electron chi connectivity index (χ0n) is 24.6. The Labute approximate surface area is 263 Å². The molecule has 0 bridgehead atoms. The lowest BCUT2D eigenvalue weighted by Crippen LogP contribution is -2.04. The van der Waals surface area contributed by atoms with Crippen LogP contribution in [0, 0.1) is 0 Å². The molecule has 0 atom stereocenters. The van der Waals surface area contributed by atoms with Crippen LogP contribution in [0.4, 0.5) is 0 Å². The van der Waals surface area contributed by atoms with Gasteiger partial charge in [0.2, 0.25) is 5.43 Å². The maximum Gasteiger partial charge on any atom is 0.331 e. The molecule has 0 saturated carbocycles. The van der Waals surface area contributed by atoms with E-state index in [1.54, 1.807) is 12.1 Å². The summed E-state index contributed by atoms with van der Waals surface area (Å²) in [5, 5.41) is 76.7. The van der Waals surface area contributed by atoms with Gasteiger partial charge in [0.25, 0.3) is 0 Å². The number of carboxylic acids is 6. The normalized spacial score (nSPS) is 10.9. The van der Waals surface area contributed by atoms with E-state index in [0.29, 0.717) is 23.8 Å². The number of rotatable bonds is 7. The Bertz CT molecular complexity index is 1710. The van der Waals surface area contributed by atoms with Gasteiger partial charge in [-0.2, -0.15) is 0 Å². The van der Waals surface area contributed by atoms with E-state index in [9.17, 15) is 48.9 Å². The smallest absolute Gasteiger partial charge is 0.331 e. The molecular weight excluding hydrogens is 632 g/mol. The highest BCUT2D eigenvalue weighted by atomic mass is 16.4. The van der Waals surface area contributed by atoms with Gasteiger partial charge in [-0.05, 0) is 38.5 Å². The van der Waals surface area contributed by atoms with Crippen molar-refractivity contribution in [2.75, 3.05) is 0 Å². The van der Waals surface area contributed by atoms with E-state index in [0.717, 1.165) is 6.07 Å². The Hall–Kier alpha value is -6.91. The van der Waals surface area contributed by atoms with Gasteiger partial charge >= 0.3 is 35.8 Å². The molecular formula is C30H28O17. The van der Waals surface area contributed by atoms with Gasteiger partial charge in [-0.1, -0.05) is 12.1 Å². The summed E-state index contributed by atoms with van der Waals surface area (Å²) in [6.07, 6.45) is 3.18. The number of aromatic hydroxyl groups is 3. The van der Waals surface area contributed by atoms with E-state index < -0.39 is 41.2 Å². The van der Waals surface area contributed by atoms with Crippen molar-refractivity contribution in [3.63, 3.8) is 0 Å². The molecule has 3 aromatic rings. The van der Waals surface area contributed by atoms with E-state index in [2.05, 4.69) is 0 Å². The summed E-state index contributed by atoms with van der Waals surface area (Å²) in [4.78, 5) is 71.4. The molecule has 250 valence electrons. The Balaban J connectivity index is 0.000000665. The molecule has 1 aromatic heterocycles. The molecule has 0 amide bonds. The molecule has 0 radical (unpaired) electrons. The van der Waals surface area contributed by atoms with Crippen LogP contribution in [0.1, 0.15) is 20.8 Å². The molecule has 0 saturated heterocycles. The molecule has 0 aliphatic heterocycles. The summed E-state index contributed by atoms with van der Waals surface area (Å²) in [5.74, 6) is -7.79. The SMILES string of the molecule is C/C(=C\C(=O)O)C(=O)O.C/C(=C\C(=O)O)C(=O)O.C/C(=C\C(=O)O)C(=O)O.O=c1c(-c2ccc(O)cc2)coc2cc(O)cc(O)c12. The summed E-state index contributed by atoms with van der Waals surface area (Å²) in [6, 6.07) is 8.40. The highest BCUT2D eigenvalue weighted by Crippen LogP contribution is 2.29. The third-order valence-electron chi connectivity index (χ3n) is 5.05. The van der Waals surface area contributed by atoms with Crippen molar-refractivity contribution in [2.24, 2.45) is 0 Å². The fourth-order valence-electron chi connectivity index (χ4n) is 2.80. The largest absolute Gasteiger partial charge is 0.508 e. The zero-order chi connectivity index (χ0) is 36.6. The van der Waals surface area contributed by atoms with Crippen molar-refractivity contribution >= 4 is 46.8 Å². The second-order valence-electron chi connectivity index (χ2n) is 8.78. The van der Waals surface area contributed by atoms with Crippen LogP contribution in [0.3, 0.4) is 0 Å². The maximum atomic E-state index is 12.4. The average molecular weight is 661 g/mol. The zero-order valence-corrected chi connectivity index (χ0v) is 24.6. The Morgan fingerprint density at radius 3 is 1.30 bits per heavy atom. The van der Waals surface area contributed by atoms with Crippen LogP contribution in [0.15, 0.2) is 86.8 Å². The number of phenols is 3. The lowest BCUT2D eigenvalue weighted by atomic mass is 10.0. The third-order valence-corrected chi connectivity index (χ3v) is 5.05. The summed E-state index contributed by atoms with van der Waals surface area (Å²) in [6.45, 7) is 3.66. The number of carbonyl (C=O) groups is 6. The van der Waals surface area contributed by atoms with Gasteiger partial charge in [0.05, 0.1) is 5.56 Å². The second-order valence-corrected chi connectivity index (χ2v) is 8.78. The minimum absolute atomic E-state index is 0.00775. The average Bonchev–Trinajstić information content (AvgIpc) is 2.93. The molecule has 3 rings (SSSR count). The van der Waals surface area contributed by atoms with E-state index in [-0.39, 0.29) is 50.5 Å². The molecule has 9 N–H and O–H groups in total. The van der Waals surface area contributed by atoms with Crippen molar-refractivity contribution in [3.8, 4) is 28.4 Å². The van der Waals surface area contributed by atoms with Crippen LogP contribution in [0.25, 0.3) is 22.1 Å². The van der Waals surface area contributed by atoms with Gasteiger partial charge in [-0.25, -0.2) is 28.8 Å². The van der Waals surface area contributed by atoms with E-state index in [1.165, 1.54) is 45.2 Å². The van der Waals surface area contributed by atoms with Gasteiger partial charge in [0.15, 0.2) is 0 Å². The molecule has 0 spiro atoms. The molecule has 1 heterocycles. The minimum Gasteiger partial charge on any atom is -0.508 e. The Morgan fingerprint density at radius 1 is 0.596 bits per heavy atom. The number of phenolic OH excluding ortho intramolecular Hbond substituents is 3. The van der Waals surface area contributed by atoms with E-state index in [1.807, 2.05) is 0 Å². The van der Waals surface area contributed by atoms with Crippen LogP contribution in [-0.4, -0.2) is 81.8 Å². The van der Waals surface area contributed by atoms with Gasteiger partial charge in [0.1, 0.15) is 34.5 Å². The van der Waals surface area contributed by atoms with Crippen molar-refractivity contribution < 1.29 is 79.1 Å². The summed E-state index contributed by atoms with van der Waals surface area (Å²) >= 11 is 0. The maximum absolute atomic E-state index is 12.4. The lowest BCUT2D eigenvalue weighted by Gasteiger charge is -2.05. The fourth-order valence-corrected chi connectivity index (χ4v) is 2.80. The topological polar surface area (TPSA) is 315 Å². The number of hydrogen-bond acceptors (Lipinski definition) is 11. The number of hydrogen-bond donors (Lipinski definition) is 9. The molecule has 17 heteroatoms. The Morgan fingerprint density at radius 2 is 0.979 bits per heavy atom. The summed E-state index contributed by atoms with van der Waals surface area (Å²) < 4.78 is 5.29. The summed E-state index contributed by atoms with van der Waals surface area (Å²) in [5.41, 5.74) is -0.0126. The number of fused-ring (bicyclic) bond motifs is 1. The molecule has 17 nitrogen and oxygen atoms in total. The van der Waals surface area contributed by atoms with Crippen LogP contribution < -0.4 is 5.43 Å². The van der Waals surface area contributed by atoms with Crippen molar-refractivity contribution in [3.05, 3.63) is 87.8 Å². The quantitative estimate of drug-likeness (QED) is 0.164. The minimum atomic E-state index is -1.24. The van der Waals surface area contributed by atoms with E-state index in [4.69, 9.17) is 35.1 Å². The number of carboxylic acid groups (broad SMARTS) is 6. The van der Waals surface area contributed by atoms with Crippen molar-refractivity contribution in [2.45, 2.75) is 20.8 Å². The van der Waals surface area contributed by atoms with Gasteiger partial charge in [-0.15, -0.1) is 0 Å². The van der Waals surface area contributed by atoms with Gasteiger partial charge in [0, 0.05) is 47.1 Å². The molecule has 0 aliphatic carbocycles. The van der Waals surface area contributed by atoms with Crippen LogP contribution in [0.2, 0.25) is 0 Å². The number of benzene rings is 2. The molecule has 0 aliphatic rings. The molecule has 0 fully saturated rings. The molecule has 47 heavy (non-hydrogen) atoms. The number of aliphatic carboxylic acids is 6.